The van der Waals surface area contributed by atoms with E-state index in [9.17, 15) is 9.59 Å². The van der Waals surface area contributed by atoms with E-state index in [4.69, 9.17) is 23.2 Å². The van der Waals surface area contributed by atoms with Crippen LogP contribution in [0, 0.1) is 0 Å². The molecule has 0 bridgehead atoms. The van der Waals surface area contributed by atoms with Gasteiger partial charge in [0.25, 0.3) is 5.56 Å². The number of aromatic nitrogens is 2. The summed E-state index contributed by atoms with van der Waals surface area (Å²) in [5.74, 6) is -0.259. The minimum Gasteiger partial charge on any atom is -0.321 e. The Morgan fingerprint density at radius 2 is 1.73 bits per heavy atom. The minimum absolute atomic E-state index is 0.259. The Morgan fingerprint density at radius 3 is 2.51 bits per heavy atom. The van der Waals surface area contributed by atoms with Gasteiger partial charge < -0.3 is 4.98 Å². The Kier molecular flexibility index (Phi) is 5.78. The van der Waals surface area contributed by atoms with Crippen molar-refractivity contribution in [3.63, 3.8) is 0 Å². The maximum atomic E-state index is 13.5. The number of para-hydroxylation sites is 1. The molecule has 3 aromatic carbocycles. The summed E-state index contributed by atoms with van der Waals surface area (Å²) in [4.78, 5) is 33.8. The van der Waals surface area contributed by atoms with Crippen LogP contribution in [0.1, 0.15) is 30.5 Å². The normalized spacial score (nSPS) is 15.4. The summed E-state index contributed by atoms with van der Waals surface area (Å²) in [5.41, 5.74) is 4.27. The van der Waals surface area contributed by atoms with Crippen molar-refractivity contribution in [1.82, 2.24) is 15.0 Å². The molecule has 0 aliphatic carbocycles. The zero-order valence-corrected chi connectivity index (χ0v) is 21.2. The van der Waals surface area contributed by atoms with Gasteiger partial charge in [0, 0.05) is 45.8 Å². The summed E-state index contributed by atoms with van der Waals surface area (Å²) in [6, 6.07) is 24.1. The van der Waals surface area contributed by atoms with Crippen LogP contribution in [0.2, 0.25) is 10.2 Å². The number of hydrogen-bond donors (Lipinski definition) is 1. The van der Waals surface area contributed by atoms with E-state index in [-0.39, 0.29) is 11.5 Å². The lowest BCUT2D eigenvalue weighted by Crippen LogP contribution is -2.24. The largest absolute Gasteiger partial charge is 0.321 e. The monoisotopic (exact) mass is 526 g/mol. The molecule has 3 heterocycles. The van der Waals surface area contributed by atoms with Crippen molar-refractivity contribution in [2.75, 3.05) is 0 Å². The Labute approximate surface area is 222 Å². The lowest BCUT2D eigenvalue weighted by atomic mass is 9.91. The molecule has 1 atom stereocenters. The first-order valence-corrected chi connectivity index (χ1v) is 12.5. The van der Waals surface area contributed by atoms with Gasteiger partial charge >= 0.3 is 0 Å². The molecule has 6 nitrogen and oxygen atoms in total. The van der Waals surface area contributed by atoms with Gasteiger partial charge in [0.15, 0.2) is 0 Å². The summed E-state index contributed by atoms with van der Waals surface area (Å²) >= 11 is 13.0. The van der Waals surface area contributed by atoms with Crippen LogP contribution in [0.5, 0.6) is 0 Å². The molecule has 0 saturated heterocycles. The van der Waals surface area contributed by atoms with Gasteiger partial charge in [-0.15, -0.1) is 0 Å². The molecular formula is C29H20Cl2N4O2. The number of pyridine rings is 2. The van der Waals surface area contributed by atoms with Crippen LogP contribution in [0.4, 0.5) is 0 Å². The van der Waals surface area contributed by atoms with Crippen LogP contribution >= 0.6 is 23.2 Å². The molecule has 2 aromatic heterocycles. The van der Waals surface area contributed by atoms with Crippen LogP contribution in [0.3, 0.4) is 0 Å². The third-order valence-corrected chi connectivity index (χ3v) is 7.16. The van der Waals surface area contributed by atoms with Gasteiger partial charge in [-0.05, 0) is 35.9 Å². The number of carbonyl (C=O) groups excluding carboxylic acids is 1. The van der Waals surface area contributed by atoms with Crippen molar-refractivity contribution in [3.05, 3.63) is 111 Å². The fraction of sp³-hybridized carbons (Fsp3) is 0.103. The third-order valence-electron chi connectivity index (χ3n) is 6.62. The number of rotatable bonds is 3. The van der Waals surface area contributed by atoms with E-state index in [1.54, 1.807) is 12.1 Å². The second-order valence-electron chi connectivity index (χ2n) is 8.95. The van der Waals surface area contributed by atoms with Gasteiger partial charge in [-0.2, -0.15) is 5.10 Å². The number of carbonyl (C=O) groups is 1. The lowest BCUT2D eigenvalue weighted by Gasteiger charge is -2.21. The molecule has 37 heavy (non-hydrogen) atoms. The molecule has 8 heteroatoms. The number of benzene rings is 3. The van der Waals surface area contributed by atoms with Crippen LogP contribution in [-0.2, 0) is 4.79 Å². The maximum absolute atomic E-state index is 13.5. The molecule has 1 amide bonds. The number of hydrogen-bond acceptors (Lipinski definition) is 4. The molecule has 0 saturated carbocycles. The number of fused-ring (bicyclic) bond motifs is 2. The average Bonchev–Trinajstić information content (AvgIpc) is 3.33. The molecule has 5 aromatic rings. The Morgan fingerprint density at radius 1 is 0.973 bits per heavy atom. The molecular weight excluding hydrogens is 507 g/mol. The first kappa shape index (κ1) is 23.4. The highest BCUT2D eigenvalue weighted by molar-refractivity contribution is 6.32. The highest BCUT2D eigenvalue weighted by atomic mass is 35.5. The highest BCUT2D eigenvalue weighted by Gasteiger charge is 2.35. The maximum Gasteiger partial charge on any atom is 0.258 e. The van der Waals surface area contributed by atoms with Crippen molar-refractivity contribution >= 4 is 56.6 Å². The van der Waals surface area contributed by atoms with Gasteiger partial charge in [-0.1, -0.05) is 71.7 Å². The Balaban J connectivity index is 1.56. The second-order valence-corrected chi connectivity index (χ2v) is 9.75. The van der Waals surface area contributed by atoms with Crippen molar-refractivity contribution in [2.45, 2.75) is 19.4 Å². The van der Waals surface area contributed by atoms with E-state index in [0.29, 0.717) is 44.5 Å². The van der Waals surface area contributed by atoms with E-state index in [2.05, 4.69) is 15.1 Å². The van der Waals surface area contributed by atoms with Crippen LogP contribution in [0.15, 0.2) is 88.8 Å². The van der Waals surface area contributed by atoms with E-state index in [1.165, 1.54) is 11.9 Å². The van der Waals surface area contributed by atoms with Gasteiger partial charge in [-0.25, -0.2) is 9.99 Å². The molecule has 0 spiro atoms. The molecule has 0 unspecified atom stereocenters. The van der Waals surface area contributed by atoms with Gasteiger partial charge in [0.05, 0.1) is 22.8 Å². The fourth-order valence-electron chi connectivity index (χ4n) is 4.98. The van der Waals surface area contributed by atoms with Gasteiger partial charge in [0.1, 0.15) is 5.15 Å². The van der Waals surface area contributed by atoms with E-state index < -0.39 is 6.04 Å². The van der Waals surface area contributed by atoms with E-state index >= 15 is 0 Å². The molecule has 0 radical (unpaired) electrons. The Hall–Kier alpha value is -4.00. The van der Waals surface area contributed by atoms with Crippen LogP contribution < -0.4 is 5.56 Å². The number of nitrogens with zero attached hydrogens (tertiary/aromatic N) is 3. The first-order chi connectivity index (χ1) is 17.9. The number of nitrogens with one attached hydrogen (secondary N) is 1. The summed E-state index contributed by atoms with van der Waals surface area (Å²) in [5, 5.41) is 8.61. The zero-order chi connectivity index (χ0) is 25.7. The molecule has 1 N–H and O–H groups in total. The quantitative estimate of drug-likeness (QED) is 0.264. The number of amides is 1. The third kappa shape index (κ3) is 4.08. The highest BCUT2D eigenvalue weighted by Crippen LogP contribution is 2.39. The number of H-pyrrole nitrogens is 1. The van der Waals surface area contributed by atoms with Crippen molar-refractivity contribution in [2.24, 2.45) is 5.10 Å². The molecule has 1 aliphatic rings. The van der Waals surface area contributed by atoms with Crippen LogP contribution in [0.25, 0.3) is 32.9 Å². The minimum atomic E-state index is -0.504. The number of aromatic amines is 1. The van der Waals surface area contributed by atoms with Gasteiger partial charge in [-0.3, -0.25) is 9.59 Å². The van der Waals surface area contributed by atoms with Crippen molar-refractivity contribution in [3.8, 4) is 11.1 Å². The topological polar surface area (TPSA) is 78.4 Å². The van der Waals surface area contributed by atoms with E-state index in [1.807, 2.05) is 66.7 Å². The second kappa shape index (κ2) is 9.14. The summed E-state index contributed by atoms with van der Waals surface area (Å²) < 4.78 is 0. The standard InChI is InChI=1S/C29H20Cl2N4O2/c1-16(36)35-25(21-13-18-9-5-6-10-22(18)32-28(21)31)15-24(34-35)27-26(17-7-3-2-4-8-17)20-14-19(30)11-12-23(20)33-29(27)37/h2-14,25H,15H2,1H3,(H,33,37)/t25-/m1/s1. The molecule has 1 aliphatic heterocycles. The fourth-order valence-corrected chi connectivity index (χ4v) is 5.43. The molecule has 182 valence electrons. The predicted molar refractivity (Wildman–Crippen MR) is 148 cm³/mol. The summed E-state index contributed by atoms with van der Waals surface area (Å²) in [6.45, 7) is 1.45. The Bertz CT molecular complexity index is 1800. The summed E-state index contributed by atoms with van der Waals surface area (Å²) in [7, 11) is 0. The van der Waals surface area contributed by atoms with Crippen molar-refractivity contribution in [1.29, 1.82) is 0 Å². The summed E-state index contributed by atoms with van der Waals surface area (Å²) in [6.07, 6.45) is 0.300. The zero-order valence-electron chi connectivity index (χ0n) is 19.7. The molecule has 0 fully saturated rings. The van der Waals surface area contributed by atoms with E-state index in [0.717, 1.165) is 21.9 Å². The van der Waals surface area contributed by atoms with Gasteiger partial charge in [0.2, 0.25) is 5.91 Å². The average molecular weight is 527 g/mol. The lowest BCUT2D eigenvalue weighted by molar-refractivity contribution is -0.130. The first-order valence-electron chi connectivity index (χ1n) is 11.7. The number of hydrazone groups is 1. The SMILES string of the molecule is CC(=O)N1N=C(c2c(-c3ccccc3)c3cc(Cl)ccc3[nH]c2=O)C[C@@H]1c1cc2ccccc2nc1Cl. The smallest absolute Gasteiger partial charge is 0.258 e. The molecule has 6 rings (SSSR count). The van der Waals surface area contributed by atoms with Crippen molar-refractivity contribution < 1.29 is 4.79 Å². The number of halogens is 2. The van der Waals surface area contributed by atoms with Crippen LogP contribution in [-0.4, -0.2) is 26.6 Å². The predicted octanol–water partition coefficient (Wildman–Crippen LogP) is 6.75.